The van der Waals surface area contributed by atoms with E-state index in [0.717, 1.165) is 25.7 Å². The number of rotatable bonds is 10. The van der Waals surface area contributed by atoms with Gasteiger partial charge in [0.1, 0.15) is 5.60 Å². The summed E-state index contributed by atoms with van der Waals surface area (Å²) in [6, 6.07) is 0. The van der Waals surface area contributed by atoms with Crippen LogP contribution >= 0.6 is 0 Å². The Morgan fingerprint density at radius 2 is 1.88 bits per heavy atom. The molecule has 0 aromatic carbocycles. The van der Waals surface area contributed by atoms with E-state index in [1.165, 1.54) is 0 Å². The van der Waals surface area contributed by atoms with Gasteiger partial charge in [0, 0.05) is 0 Å². The van der Waals surface area contributed by atoms with Crippen LogP contribution in [-0.4, -0.2) is 25.2 Å². The molecular weight excluding hydrogens is 208 g/mol. The molecule has 0 aliphatic heterocycles. The van der Waals surface area contributed by atoms with Gasteiger partial charge < -0.3 is 9.47 Å². The summed E-state index contributed by atoms with van der Waals surface area (Å²) in [6.07, 6.45) is 3.79. The van der Waals surface area contributed by atoms with E-state index in [0.29, 0.717) is 25.5 Å². The van der Waals surface area contributed by atoms with Crippen LogP contribution in [0.4, 0.5) is 0 Å². The van der Waals surface area contributed by atoms with E-state index in [1.807, 2.05) is 13.8 Å². The maximum atomic E-state index is 10.2. The number of hydrogen-bond acceptors (Lipinski definition) is 4. The number of hydrogen-bond donors (Lipinski definition) is 0. The monoisotopic (exact) mass is 230 g/mol. The summed E-state index contributed by atoms with van der Waals surface area (Å²) < 4.78 is 9.60. The highest BCUT2D eigenvalue weighted by Gasteiger charge is 2.18. The van der Waals surface area contributed by atoms with Crippen molar-refractivity contribution >= 4 is 12.9 Å². The molecule has 0 fully saturated rings. The van der Waals surface area contributed by atoms with Crippen LogP contribution in [0.3, 0.4) is 0 Å². The first-order valence-corrected chi connectivity index (χ1v) is 5.68. The van der Waals surface area contributed by atoms with Crippen molar-refractivity contribution in [3.8, 4) is 0 Å². The molecule has 0 saturated carbocycles. The summed E-state index contributed by atoms with van der Waals surface area (Å²) in [5.41, 5.74) is -0.374. The third-order valence-corrected chi connectivity index (χ3v) is 2.64. The number of carbonyl (C=O) groups is 2. The highest BCUT2D eigenvalue weighted by Crippen LogP contribution is 2.20. The largest absolute Gasteiger partial charge is 0.468 e. The first kappa shape index (κ1) is 14.9. The van der Waals surface area contributed by atoms with Gasteiger partial charge in [0.05, 0.1) is 6.61 Å². The van der Waals surface area contributed by atoms with E-state index in [-0.39, 0.29) is 5.60 Å². The molecule has 16 heavy (non-hydrogen) atoms. The van der Waals surface area contributed by atoms with Gasteiger partial charge in [-0.05, 0) is 39.0 Å². The molecular formula is C12H22O4. The van der Waals surface area contributed by atoms with E-state index >= 15 is 0 Å². The maximum absolute atomic E-state index is 10.2. The molecule has 0 saturated heterocycles. The fourth-order valence-corrected chi connectivity index (χ4v) is 1.53. The highest BCUT2D eigenvalue weighted by molar-refractivity contribution is 5.38. The van der Waals surface area contributed by atoms with Gasteiger partial charge in [-0.1, -0.05) is 13.3 Å². The van der Waals surface area contributed by atoms with Crippen LogP contribution in [0.2, 0.25) is 0 Å². The van der Waals surface area contributed by atoms with Gasteiger partial charge in [-0.3, -0.25) is 9.59 Å². The molecule has 0 radical (unpaired) electrons. The van der Waals surface area contributed by atoms with Crippen LogP contribution in [0.1, 0.15) is 46.5 Å². The average molecular weight is 230 g/mol. The molecule has 0 heterocycles. The molecule has 0 aromatic heterocycles. The summed E-state index contributed by atoms with van der Waals surface area (Å²) in [6.45, 7) is 7.40. The van der Waals surface area contributed by atoms with E-state index in [4.69, 9.17) is 4.74 Å². The molecule has 0 rings (SSSR count). The van der Waals surface area contributed by atoms with Gasteiger partial charge >= 0.3 is 0 Å². The Morgan fingerprint density at radius 3 is 2.44 bits per heavy atom. The normalized spacial score (nSPS) is 12.9. The molecule has 0 amide bonds. The van der Waals surface area contributed by atoms with E-state index < -0.39 is 0 Å². The number of carbonyl (C=O) groups excluding carboxylic acids is 2. The second kappa shape index (κ2) is 8.13. The standard InChI is InChI=1S/C12H22O4/c1-11(6-8-15-9-13)5-4-7-12(2,3)16-10-14/h9-11H,4-8H2,1-3H3. The second-order valence-corrected chi connectivity index (χ2v) is 4.73. The Hall–Kier alpha value is -1.06. The first-order valence-electron chi connectivity index (χ1n) is 5.68. The fourth-order valence-electron chi connectivity index (χ4n) is 1.53. The molecule has 1 unspecified atom stereocenters. The van der Waals surface area contributed by atoms with Crippen molar-refractivity contribution in [1.29, 1.82) is 0 Å². The van der Waals surface area contributed by atoms with Gasteiger partial charge in [0.25, 0.3) is 12.9 Å². The van der Waals surface area contributed by atoms with Gasteiger partial charge in [-0.2, -0.15) is 0 Å². The zero-order chi connectivity index (χ0) is 12.4. The van der Waals surface area contributed by atoms with Crippen LogP contribution in [-0.2, 0) is 19.1 Å². The molecule has 94 valence electrons. The minimum atomic E-state index is -0.374. The minimum absolute atomic E-state index is 0.374. The Bertz CT molecular complexity index is 201. The molecule has 0 N–H and O–H groups in total. The summed E-state index contributed by atoms with van der Waals surface area (Å²) in [4.78, 5) is 20.2. The van der Waals surface area contributed by atoms with Crippen molar-refractivity contribution in [3.05, 3.63) is 0 Å². The lowest BCUT2D eigenvalue weighted by atomic mass is 9.95. The van der Waals surface area contributed by atoms with Gasteiger partial charge in [-0.25, -0.2) is 0 Å². The molecule has 0 bridgehead atoms. The van der Waals surface area contributed by atoms with Crippen molar-refractivity contribution < 1.29 is 19.1 Å². The summed E-state index contributed by atoms with van der Waals surface area (Å²) in [7, 11) is 0. The van der Waals surface area contributed by atoms with Crippen LogP contribution in [0, 0.1) is 5.92 Å². The first-order chi connectivity index (χ1) is 7.52. The summed E-state index contributed by atoms with van der Waals surface area (Å²) in [5, 5.41) is 0. The predicted octanol–water partition coefficient (Wildman–Crippen LogP) is 2.31. The molecule has 4 nitrogen and oxygen atoms in total. The van der Waals surface area contributed by atoms with Gasteiger partial charge in [0.15, 0.2) is 0 Å². The Labute approximate surface area is 97.3 Å². The quantitative estimate of drug-likeness (QED) is 0.427. The maximum Gasteiger partial charge on any atom is 0.293 e. The number of ether oxygens (including phenoxy) is 2. The van der Waals surface area contributed by atoms with E-state index in [1.54, 1.807) is 0 Å². The van der Waals surface area contributed by atoms with Crippen molar-refractivity contribution in [2.75, 3.05) is 6.61 Å². The molecule has 0 aliphatic carbocycles. The Morgan fingerprint density at radius 1 is 1.19 bits per heavy atom. The zero-order valence-electron chi connectivity index (χ0n) is 10.4. The topological polar surface area (TPSA) is 52.6 Å². The lowest BCUT2D eigenvalue weighted by Gasteiger charge is -2.23. The van der Waals surface area contributed by atoms with E-state index in [9.17, 15) is 9.59 Å². The molecule has 0 aliphatic rings. The second-order valence-electron chi connectivity index (χ2n) is 4.73. The summed E-state index contributed by atoms with van der Waals surface area (Å²) in [5.74, 6) is 0.520. The third kappa shape index (κ3) is 8.26. The van der Waals surface area contributed by atoms with Crippen molar-refractivity contribution in [3.63, 3.8) is 0 Å². The van der Waals surface area contributed by atoms with Gasteiger partial charge in [0.2, 0.25) is 0 Å². The Balaban J connectivity index is 3.56. The van der Waals surface area contributed by atoms with Crippen LogP contribution in [0.25, 0.3) is 0 Å². The minimum Gasteiger partial charge on any atom is -0.468 e. The fraction of sp³-hybridized carbons (Fsp3) is 0.833. The zero-order valence-corrected chi connectivity index (χ0v) is 10.4. The lowest BCUT2D eigenvalue weighted by Crippen LogP contribution is -2.23. The molecule has 0 aromatic rings. The smallest absolute Gasteiger partial charge is 0.293 e. The molecule has 0 spiro atoms. The van der Waals surface area contributed by atoms with Crippen molar-refractivity contribution in [2.45, 2.75) is 52.1 Å². The predicted molar refractivity (Wildman–Crippen MR) is 60.9 cm³/mol. The lowest BCUT2D eigenvalue weighted by molar-refractivity contribution is -0.140. The SMILES string of the molecule is CC(CCCC(C)(C)OC=O)CCOC=O. The molecule has 1 atom stereocenters. The third-order valence-electron chi connectivity index (χ3n) is 2.64. The average Bonchev–Trinajstić information content (AvgIpc) is 2.17. The summed E-state index contributed by atoms with van der Waals surface area (Å²) >= 11 is 0. The van der Waals surface area contributed by atoms with Crippen LogP contribution < -0.4 is 0 Å². The van der Waals surface area contributed by atoms with Crippen molar-refractivity contribution in [2.24, 2.45) is 5.92 Å². The Kier molecular flexibility index (Phi) is 7.60. The van der Waals surface area contributed by atoms with Crippen LogP contribution in [0.5, 0.6) is 0 Å². The van der Waals surface area contributed by atoms with Crippen molar-refractivity contribution in [1.82, 2.24) is 0 Å². The van der Waals surface area contributed by atoms with Gasteiger partial charge in [-0.15, -0.1) is 0 Å². The van der Waals surface area contributed by atoms with Crippen LogP contribution in [0.15, 0.2) is 0 Å². The molecule has 4 heteroatoms. The highest BCUT2D eigenvalue weighted by atomic mass is 16.5. The van der Waals surface area contributed by atoms with E-state index in [2.05, 4.69) is 11.7 Å².